The Kier molecular flexibility index (Phi) is 5.82. The molecule has 0 aliphatic carbocycles. The van der Waals surface area contributed by atoms with Crippen molar-refractivity contribution in [2.75, 3.05) is 13.7 Å². The van der Waals surface area contributed by atoms with Crippen LogP contribution in [0.5, 0.6) is 0 Å². The van der Waals surface area contributed by atoms with Crippen LogP contribution in [0.4, 0.5) is 0 Å². The second kappa shape index (κ2) is 7.39. The van der Waals surface area contributed by atoms with Gasteiger partial charge in [-0.3, -0.25) is 9.59 Å². The monoisotopic (exact) mass is 429 g/mol. The number of rotatable bonds is 4. The molecule has 0 aromatic heterocycles. The normalized spacial score (nSPS) is 37.9. The minimum absolute atomic E-state index is 0.0469. The van der Waals surface area contributed by atoms with E-state index in [2.05, 4.69) is 39.2 Å². The Hall–Kier alpha value is -0.843. The van der Waals surface area contributed by atoms with Crippen LogP contribution in [0.25, 0.3) is 0 Å². The molecule has 3 fully saturated rings. The molecule has 8 nitrogen and oxygen atoms in total. The fraction of sp³-hybridized carbons (Fsp3) is 0.900. The Morgan fingerprint density at radius 1 is 1.10 bits per heavy atom. The third kappa shape index (κ3) is 4.05. The van der Waals surface area contributed by atoms with Gasteiger partial charge in [-0.05, 0) is 32.0 Å². The Bertz CT molecular complexity index is 674. The minimum atomic E-state index is -2.42. The van der Waals surface area contributed by atoms with E-state index in [0.717, 1.165) is 0 Å². The van der Waals surface area contributed by atoms with Crippen molar-refractivity contribution in [1.29, 1.82) is 0 Å². The molecule has 0 bridgehead atoms. The predicted molar refractivity (Wildman–Crippen MR) is 108 cm³/mol. The molecule has 0 saturated carbocycles. The molecule has 0 spiro atoms. The van der Waals surface area contributed by atoms with Crippen LogP contribution in [-0.2, 0) is 33.0 Å². The summed E-state index contributed by atoms with van der Waals surface area (Å²) in [4.78, 5) is 25.6. The molecule has 0 radical (unpaired) electrons. The number of hydrogen-bond acceptors (Lipinski definition) is 7. The van der Waals surface area contributed by atoms with Crippen LogP contribution in [0.15, 0.2) is 0 Å². The maximum atomic E-state index is 13.5. The summed E-state index contributed by atoms with van der Waals surface area (Å²) in [6.07, 6.45) is -2.22. The predicted octanol–water partition coefficient (Wildman–Crippen LogP) is 2.12. The molecule has 5 atom stereocenters. The number of Topliss-reactive ketones (excluding diaryl/α,β-unsaturated/α-hetero) is 1. The van der Waals surface area contributed by atoms with Crippen molar-refractivity contribution in [3.8, 4) is 0 Å². The lowest BCUT2D eigenvalue weighted by molar-refractivity contribution is -0.245. The molecule has 0 aromatic rings. The SMILES string of the molecule is CO[C@H]1O[C@H]([C@]2(O[Si](C)(C)C(C)(C)C)CNC(=O)CCC2=O)[C@@H]2OC(C)(C)O[C@H]12. The number of ketones is 1. The quantitative estimate of drug-likeness (QED) is 0.684. The van der Waals surface area contributed by atoms with E-state index in [1.54, 1.807) is 0 Å². The summed E-state index contributed by atoms with van der Waals surface area (Å²) < 4.78 is 30.6. The van der Waals surface area contributed by atoms with Gasteiger partial charge in [0.25, 0.3) is 0 Å². The van der Waals surface area contributed by atoms with Gasteiger partial charge >= 0.3 is 0 Å². The van der Waals surface area contributed by atoms with Gasteiger partial charge < -0.3 is 28.7 Å². The second-order valence-corrected chi connectivity index (χ2v) is 14.9. The highest BCUT2D eigenvalue weighted by Crippen LogP contribution is 2.47. The van der Waals surface area contributed by atoms with Gasteiger partial charge in [0.15, 0.2) is 31.8 Å². The molecule has 3 rings (SSSR count). The van der Waals surface area contributed by atoms with Gasteiger partial charge in [-0.15, -0.1) is 0 Å². The lowest BCUT2D eigenvalue weighted by Gasteiger charge is -2.47. The van der Waals surface area contributed by atoms with Crippen LogP contribution >= 0.6 is 0 Å². The van der Waals surface area contributed by atoms with Crippen molar-refractivity contribution >= 4 is 20.0 Å². The molecule has 3 aliphatic rings. The number of fused-ring (bicyclic) bond motifs is 1. The Balaban J connectivity index is 2.06. The largest absolute Gasteiger partial charge is 0.401 e. The molecule has 0 aromatic carbocycles. The summed E-state index contributed by atoms with van der Waals surface area (Å²) in [5.74, 6) is -1.14. The lowest BCUT2D eigenvalue weighted by Crippen LogP contribution is -2.65. The average molecular weight is 430 g/mol. The molecule has 3 saturated heterocycles. The van der Waals surface area contributed by atoms with E-state index in [1.165, 1.54) is 7.11 Å². The van der Waals surface area contributed by atoms with Crippen molar-refractivity contribution in [3.05, 3.63) is 0 Å². The number of carbonyl (C=O) groups excluding carboxylic acids is 2. The zero-order chi connectivity index (χ0) is 21.8. The fourth-order valence-electron chi connectivity index (χ4n) is 4.00. The molecule has 9 heteroatoms. The first-order chi connectivity index (χ1) is 13.2. The van der Waals surface area contributed by atoms with E-state index in [4.69, 9.17) is 23.4 Å². The van der Waals surface area contributed by atoms with Crippen LogP contribution in [0.1, 0.15) is 47.5 Å². The minimum Gasteiger partial charge on any atom is -0.401 e. The number of amides is 1. The van der Waals surface area contributed by atoms with Gasteiger partial charge in [0.05, 0.1) is 6.54 Å². The van der Waals surface area contributed by atoms with E-state index in [9.17, 15) is 9.59 Å². The lowest BCUT2D eigenvalue weighted by atomic mass is 9.86. The zero-order valence-electron chi connectivity index (χ0n) is 18.8. The maximum absolute atomic E-state index is 13.5. The molecule has 1 N–H and O–H groups in total. The topological polar surface area (TPSA) is 92.3 Å². The number of nitrogens with one attached hydrogen (secondary N) is 1. The van der Waals surface area contributed by atoms with Gasteiger partial charge in [-0.1, -0.05) is 20.8 Å². The first kappa shape index (κ1) is 22.8. The summed E-state index contributed by atoms with van der Waals surface area (Å²) in [7, 11) is -0.881. The van der Waals surface area contributed by atoms with Crippen molar-refractivity contribution in [1.82, 2.24) is 5.32 Å². The van der Waals surface area contributed by atoms with Crippen LogP contribution < -0.4 is 5.32 Å². The van der Waals surface area contributed by atoms with E-state index >= 15 is 0 Å². The van der Waals surface area contributed by atoms with Crippen molar-refractivity contribution in [2.24, 2.45) is 0 Å². The summed E-state index contributed by atoms with van der Waals surface area (Å²) >= 11 is 0. The van der Waals surface area contributed by atoms with E-state index < -0.39 is 44.3 Å². The van der Waals surface area contributed by atoms with Gasteiger partial charge in [0, 0.05) is 20.0 Å². The van der Waals surface area contributed by atoms with Crippen LogP contribution in [0.3, 0.4) is 0 Å². The third-order valence-corrected chi connectivity index (χ3v) is 11.0. The summed E-state index contributed by atoms with van der Waals surface area (Å²) in [6, 6.07) is 0. The summed E-state index contributed by atoms with van der Waals surface area (Å²) in [5.41, 5.74) is -1.35. The van der Waals surface area contributed by atoms with Gasteiger partial charge in [-0.2, -0.15) is 0 Å². The van der Waals surface area contributed by atoms with Crippen molar-refractivity contribution < 1.29 is 33.0 Å². The van der Waals surface area contributed by atoms with Gasteiger partial charge in [-0.25, -0.2) is 0 Å². The van der Waals surface area contributed by atoms with E-state index in [1.807, 2.05) is 13.8 Å². The zero-order valence-corrected chi connectivity index (χ0v) is 19.8. The highest BCUT2D eigenvalue weighted by Gasteiger charge is 2.65. The van der Waals surface area contributed by atoms with Crippen molar-refractivity contribution in [3.63, 3.8) is 0 Å². The van der Waals surface area contributed by atoms with Gasteiger partial charge in [0.2, 0.25) is 5.91 Å². The van der Waals surface area contributed by atoms with Crippen LogP contribution in [-0.4, -0.2) is 69.7 Å². The standard InChI is InChI=1S/C20H35NO7Si/c1-18(2,3)29(7,8)28-20(11-21-13(23)10-9-12(20)22)16-14-15(17(24-6)25-16)27-19(4,5)26-14/h14-17H,9-11H2,1-8H3,(H,21,23)/t14-,15+,16+,17+,20+/m1/s1. The van der Waals surface area contributed by atoms with Crippen molar-refractivity contribution in [2.45, 2.75) is 102 Å². The number of methoxy groups -OCH3 is 1. The van der Waals surface area contributed by atoms with Crippen LogP contribution in [0, 0.1) is 0 Å². The fourth-order valence-corrected chi connectivity index (χ4v) is 5.52. The molecule has 0 unspecified atom stereocenters. The first-order valence-electron chi connectivity index (χ1n) is 10.3. The molecule has 3 heterocycles. The molecule has 3 aliphatic heterocycles. The highest BCUT2D eigenvalue weighted by atomic mass is 28.4. The summed E-state index contributed by atoms with van der Waals surface area (Å²) in [6.45, 7) is 14.2. The number of carbonyl (C=O) groups is 2. The Labute approximate surface area is 174 Å². The maximum Gasteiger partial charge on any atom is 0.220 e. The Morgan fingerprint density at radius 3 is 2.31 bits per heavy atom. The third-order valence-electron chi connectivity index (χ3n) is 6.55. The Morgan fingerprint density at radius 2 is 1.72 bits per heavy atom. The van der Waals surface area contributed by atoms with E-state index in [0.29, 0.717) is 0 Å². The highest BCUT2D eigenvalue weighted by molar-refractivity contribution is 6.74. The molecular weight excluding hydrogens is 394 g/mol. The van der Waals surface area contributed by atoms with E-state index in [-0.39, 0.29) is 36.1 Å². The average Bonchev–Trinajstić information content (AvgIpc) is 3.03. The smallest absolute Gasteiger partial charge is 0.220 e. The summed E-state index contributed by atoms with van der Waals surface area (Å²) in [5, 5.41) is 2.73. The molecule has 166 valence electrons. The number of ether oxygens (including phenoxy) is 4. The number of hydrogen-bond donors (Lipinski definition) is 1. The molecule has 1 amide bonds. The van der Waals surface area contributed by atoms with Gasteiger partial charge in [0.1, 0.15) is 18.3 Å². The van der Waals surface area contributed by atoms with Crippen LogP contribution in [0.2, 0.25) is 18.1 Å². The molecule has 29 heavy (non-hydrogen) atoms. The molecular formula is C20H35NO7Si. The first-order valence-corrected chi connectivity index (χ1v) is 13.2. The second-order valence-electron chi connectivity index (χ2n) is 10.2.